The highest BCUT2D eigenvalue weighted by Crippen LogP contribution is 2.33. The Labute approximate surface area is 140 Å². The molecule has 124 valence electrons. The molecule has 3 heterocycles. The van der Waals surface area contributed by atoms with Gasteiger partial charge in [-0.3, -0.25) is 0 Å². The average Bonchev–Trinajstić information content (AvgIpc) is 3.06. The first kappa shape index (κ1) is 15.0. The van der Waals surface area contributed by atoms with Crippen LogP contribution < -0.4 is 14.8 Å². The fourth-order valence-electron chi connectivity index (χ4n) is 3.05. The summed E-state index contributed by atoms with van der Waals surface area (Å²) in [6.07, 6.45) is 4.50. The predicted octanol–water partition coefficient (Wildman–Crippen LogP) is 2.39. The van der Waals surface area contributed by atoms with Gasteiger partial charge in [-0.05, 0) is 43.7 Å². The molecule has 0 radical (unpaired) electrons. The minimum atomic E-state index is 0.198. The SMILES string of the molecule is CC(NCCc1cccc2c1OCCO2)c1cnn2ncccc12. The lowest BCUT2D eigenvalue weighted by Gasteiger charge is -2.21. The van der Waals surface area contributed by atoms with E-state index in [-0.39, 0.29) is 6.04 Å². The van der Waals surface area contributed by atoms with Crippen molar-refractivity contribution in [1.82, 2.24) is 20.1 Å². The Morgan fingerprint density at radius 3 is 3.04 bits per heavy atom. The number of nitrogens with zero attached hydrogens (tertiary/aromatic N) is 3. The summed E-state index contributed by atoms with van der Waals surface area (Å²) in [6, 6.07) is 10.2. The van der Waals surface area contributed by atoms with E-state index in [0.717, 1.165) is 35.5 Å². The molecule has 1 N–H and O–H groups in total. The first-order valence-electron chi connectivity index (χ1n) is 8.23. The maximum Gasteiger partial charge on any atom is 0.164 e. The molecular formula is C18H20N4O2. The minimum absolute atomic E-state index is 0.198. The van der Waals surface area contributed by atoms with Gasteiger partial charge in [-0.1, -0.05) is 12.1 Å². The summed E-state index contributed by atoms with van der Waals surface area (Å²) in [4.78, 5) is 0. The van der Waals surface area contributed by atoms with Gasteiger partial charge in [-0.25, -0.2) is 0 Å². The van der Waals surface area contributed by atoms with E-state index in [1.165, 1.54) is 5.56 Å². The van der Waals surface area contributed by atoms with Crippen molar-refractivity contribution < 1.29 is 9.47 Å². The summed E-state index contributed by atoms with van der Waals surface area (Å²) in [5, 5.41) is 12.1. The monoisotopic (exact) mass is 324 g/mol. The van der Waals surface area contributed by atoms with E-state index in [1.54, 1.807) is 10.8 Å². The Hall–Kier alpha value is -2.60. The molecule has 0 spiro atoms. The lowest BCUT2D eigenvalue weighted by Crippen LogP contribution is -2.22. The topological polar surface area (TPSA) is 60.7 Å². The summed E-state index contributed by atoms with van der Waals surface area (Å²) in [6.45, 7) is 4.22. The van der Waals surface area contributed by atoms with Crippen LogP contribution in [0.5, 0.6) is 11.5 Å². The molecule has 0 fully saturated rings. The quantitative estimate of drug-likeness (QED) is 0.781. The van der Waals surface area contributed by atoms with Crippen molar-refractivity contribution in [2.45, 2.75) is 19.4 Å². The molecule has 0 bridgehead atoms. The molecule has 3 aromatic rings. The number of hydrogen-bond acceptors (Lipinski definition) is 5. The van der Waals surface area contributed by atoms with Gasteiger partial charge in [0.15, 0.2) is 11.5 Å². The van der Waals surface area contributed by atoms with E-state index in [0.29, 0.717) is 13.2 Å². The lowest BCUT2D eigenvalue weighted by atomic mass is 10.1. The number of para-hydroxylation sites is 1. The molecule has 6 nitrogen and oxygen atoms in total. The van der Waals surface area contributed by atoms with Crippen molar-refractivity contribution in [3.63, 3.8) is 0 Å². The predicted molar refractivity (Wildman–Crippen MR) is 90.5 cm³/mol. The van der Waals surface area contributed by atoms with Crippen molar-refractivity contribution in [2.24, 2.45) is 0 Å². The molecule has 0 saturated carbocycles. The Kier molecular flexibility index (Phi) is 4.04. The minimum Gasteiger partial charge on any atom is -0.486 e. The van der Waals surface area contributed by atoms with Gasteiger partial charge < -0.3 is 14.8 Å². The fourth-order valence-corrected chi connectivity index (χ4v) is 3.05. The van der Waals surface area contributed by atoms with Crippen LogP contribution in [0.3, 0.4) is 0 Å². The van der Waals surface area contributed by atoms with Crippen LogP contribution >= 0.6 is 0 Å². The molecule has 1 unspecified atom stereocenters. The molecule has 0 aliphatic carbocycles. The molecular weight excluding hydrogens is 304 g/mol. The zero-order valence-corrected chi connectivity index (χ0v) is 13.6. The van der Waals surface area contributed by atoms with Crippen molar-refractivity contribution >= 4 is 5.52 Å². The largest absolute Gasteiger partial charge is 0.486 e. The van der Waals surface area contributed by atoms with Gasteiger partial charge >= 0.3 is 0 Å². The third-order valence-corrected chi connectivity index (χ3v) is 4.29. The van der Waals surface area contributed by atoms with E-state index in [2.05, 4.69) is 28.5 Å². The van der Waals surface area contributed by atoms with Crippen LogP contribution in [-0.4, -0.2) is 34.6 Å². The number of nitrogens with one attached hydrogen (secondary N) is 1. The van der Waals surface area contributed by atoms with Gasteiger partial charge in [0.2, 0.25) is 0 Å². The Morgan fingerprint density at radius 2 is 2.08 bits per heavy atom. The van der Waals surface area contributed by atoms with Crippen LogP contribution in [0.2, 0.25) is 0 Å². The second-order valence-electron chi connectivity index (χ2n) is 5.87. The number of ether oxygens (including phenoxy) is 2. The molecule has 1 aliphatic heterocycles. The average molecular weight is 324 g/mol. The van der Waals surface area contributed by atoms with E-state index in [4.69, 9.17) is 9.47 Å². The van der Waals surface area contributed by atoms with E-state index < -0.39 is 0 Å². The molecule has 0 amide bonds. The van der Waals surface area contributed by atoms with Gasteiger partial charge in [-0.15, -0.1) is 0 Å². The molecule has 2 aromatic heterocycles. The van der Waals surface area contributed by atoms with Crippen molar-refractivity contribution in [3.8, 4) is 11.5 Å². The Bertz CT molecular complexity index is 846. The maximum absolute atomic E-state index is 5.77. The van der Waals surface area contributed by atoms with Crippen LogP contribution in [-0.2, 0) is 6.42 Å². The second-order valence-corrected chi connectivity index (χ2v) is 5.87. The van der Waals surface area contributed by atoms with Crippen molar-refractivity contribution in [1.29, 1.82) is 0 Å². The smallest absolute Gasteiger partial charge is 0.164 e. The third-order valence-electron chi connectivity index (χ3n) is 4.29. The summed E-state index contributed by atoms with van der Waals surface area (Å²) in [5.41, 5.74) is 3.36. The number of fused-ring (bicyclic) bond motifs is 2. The van der Waals surface area contributed by atoms with Gasteiger partial charge in [0.1, 0.15) is 13.2 Å². The van der Waals surface area contributed by atoms with Crippen LogP contribution in [0.1, 0.15) is 24.1 Å². The van der Waals surface area contributed by atoms with E-state index in [1.807, 2.05) is 30.5 Å². The van der Waals surface area contributed by atoms with Crippen molar-refractivity contribution in [3.05, 3.63) is 53.9 Å². The highest BCUT2D eigenvalue weighted by Gasteiger charge is 2.16. The third kappa shape index (κ3) is 2.80. The maximum atomic E-state index is 5.77. The first-order chi connectivity index (χ1) is 11.8. The van der Waals surface area contributed by atoms with Gasteiger partial charge in [0.05, 0.1) is 11.7 Å². The van der Waals surface area contributed by atoms with Crippen LogP contribution in [0.15, 0.2) is 42.7 Å². The number of hydrogen-bond donors (Lipinski definition) is 1. The first-order valence-corrected chi connectivity index (χ1v) is 8.23. The van der Waals surface area contributed by atoms with Gasteiger partial charge in [0, 0.05) is 17.8 Å². The van der Waals surface area contributed by atoms with E-state index >= 15 is 0 Å². The van der Waals surface area contributed by atoms with Gasteiger partial charge in [0.25, 0.3) is 0 Å². The summed E-state index contributed by atoms with van der Waals surface area (Å²) in [7, 11) is 0. The van der Waals surface area contributed by atoms with E-state index in [9.17, 15) is 0 Å². The molecule has 1 aromatic carbocycles. The Balaban J connectivity index is 1.42. The highest BCUT2D eigenvalue weighted by atomic mass is 16.6. The number of aromatic nitrogens is 3. The number of rotatable bonds is 5. The normalized spacial score (nSPS) is 14.7. The zero-order valence-electron chi connectivity index (χ0n) is 13.6. The summed E-state index contributed by atoms with van der Waals surface area (Å²) in [5.74, 6) is 1.74. The molecule has 1 atom stereocenters. The molecule has 1 aliphatic rings. The molecule has 6 heteroatoms. The number of benzene rings is 1. The summed E-state index contributed by atoms with van der Waals surface area (Å²) >= 11 is 0. The van der Waals surface area contributed by atoms with Crippen LogP contribution in [0.4, 0.5) is 0 Å². The standard InChI is InChI=1S/C18H20N4O2/c1-13(15-12-21-22-16(15)5-3-8-20-22)19-9-7-14-4-2-6-17-18(14)24-11-10-23-17/h2-6,8,12-13,19H,7,9-11H2,1H3. The fraction of sp³-hybridized carbons (Fsp3) is 0.333. The molecule has 4 rings (SSSR count). The zero-order chi connectivity index (χ0) is 16.4. The molecule has 0 saturated heterocycles. The highest BCUT2D eigenvalue weighted by molar-refractivity contribution is 5.53. The summed E-state index contributed by atoms with van der Waals surface area (Å²) < 4.78 is 13.1. The van der Waals surface area contributed by atoms with Crippen molar-refractivity contribution in [2.75, 3.05) is 19.8 Å². The second kappa shape index (κ2) is 6.49. The Morgan fingerprint density at radius 1 is 1.17 bits per heavy atom. The van der Waals surface area contributed by atoms with Crippen LogP contribution in [0.25, 0.3) is 5.52 Å². The van der Waals surface area contributed by atoms with Crippen LogP contribution in [0, 0.1) is 0 Å². The van der Waals surface area contributed by atoms with Gasteiger partial charge in [-0.2, -0.15) is 14.8 Å². The molecule has 24 heavy (non-hydrogen) atoms. The lowest BCUT2D eigenvalue weighted by molar-refractivity contribution is 0.170.